The van der Waals surface area contributed by atoms with E-state index in [4.69, 9.17) is 0 Å². The van der Waals surface area contributed by atoms with Crippen molar-refractivity contribution in [3.8, 4) is 0 Å². The molecule has 0 saturated heterocycles. The lowest BCUT2D eigenvalue weighted by atomic mass is 10.3. The third-order valence-corrected chi connectivity index (χ3v) is 2.22. The fourth-order valence-corrected chi connectivity index (χ4v) is 1.37. The molecule has 1 aromatic carbocycles. The topological polar surface area (TPSA) is 37.6 Å². The van der Waals surface area contributed by atoms with Crippen molar-refractivity contribution < 1.29 is 0 Å². The molecule has 1 aromatic heterocycles. The molecule has 2 rings (SSSR count). The largest absolute Gasteiger partial charge is 0.236 e. The normalized spacial score (nSPS) is 10.7. The fourth-order valence-electron chi connectivity index (χ4n) is 1.05. The molecule has 0 radical (unpaired) electrons. The van der Waals surface area contributed by atoms with Crippen molar-refractivity contribution in [3.05, 3.63) is 53.1 Å². The summed E-state index contributed by atoms with van der Waals surface area (Å²) in [5.74, 6) is 0.591. The van der Waals surface area contributed by atoms with Crippen molar-refractivity contribution in [1.82, 2.24) is 4.98 Å². The van der Waals surface area contributed by atoms with Gasteiger partial charge in [0.05, 0.1) is 5.69 Å². The molecule has 15 heavy (non-hydrogen) atoms. The minimum Gasteiger partial charge on any atom is -0.236 e. The van der Waals surface area contributed by atoms with Gasteiger partial charge >= 0.3 is 0 Å². The van der Waals surface area contributed by atoms with Gasteiger partial charge in [0.25, 0.3) is 0 Å². The molecule has 0 fully saturated rings. The van der Waals surface area contributed by atoms with Gasteiger partial charge in [0.2, 0.25) is 0 Å². The first-order chi connectivity index (χ1) is 7.34. The van der Waals surface area contributed by atoms with Gasteiger partial charge in [-0.2, -0.15) is 0 Å². The van der Waals surface area contributed by atoms with Crippen LogP contribution in [0.25, 0.3) is 0 Å². The van der Waals surface area contributed by atoms with Crippen LogP contribution in [0.2, 0.25) is 0 Å². The molecule has 0 bridgehead atoms. The van der Waals surface area contributed by atoms with Crippen LogP contribution in [0.15, 0.2) is 63.4 Å². The molecule has 3 nitrogen and oxygen atoms in total. The van der Waals surface area contributed by atoms with Crippen LogP contribution in [0.3, 0.4) is 0 Å². The summed E-state index contributed by atoms with van der Waals surface area (Å²) in [4.78, 5) is 4.06. The summed E-state index contributed by atoms with van der Waals surface area (Å²) in [6.07, 6.45) is 1.68. The summed E-state index contributed by atoms with van der Waals surface area (Å²) >= 11 is 3.35. The van der Waals surface area contributed by atoms with E-state index in [0.29, 0.717) is 5.82 Å². The summed E-state index contributed by atoms with van der Waals surface area (Å²) in [7, 11) is 0. The van der Waals surface area contributed by atoms with Crippen molar-refractivity contribution in [1.29, 1.82) is 0 Å². The van der Waals surface area contributed by atoms with Gasteiger partial charge in [-0.15, -0.1) is 10.2 Å². The summed E-state index contributed by atoms with van der Waals surface area (Å²) < 4.78 is 0.944. The van der Waals surface area contributed by atoms with E-state index in [-0.39, 0.29) is 0 Å². The first-order valence-electron chi connectivity index (χ1n) is 4.43. The number of hydrogen-bond donors (Lipinski definition) is 0. The Labute approximate surface area is 96.0 Å². The molecule has 0 aliphatic carbocycles. The molecule has 0 atom stereocenters. The Morgan fingerprint density at radius 3 is 2.53 bits per heavy atom. The van der Waals surface area contributed by atoms with Crippen LogP contribution in [-0.2, 0) is 0 Å². The maximum absolute atomic E-state index is 4.06. The van der Waals surface area contributed by atoms with Gasteiger partial charge in [0.15, 0.2) is 5.82 Å². The van der Waals surface area contributed by atoms with Gasteiger partial charge in [0.1, 0.15) is 0 Å². The Hall–Kier alpha value is -1.55. The number of rotatable bonds is 2. The summed E-state index contributed by atoms with van der Waals surface area (Å²) in [6, 6.07) is 13.2. The number of nitrogens with zero attached hydrogens (tertiary/aromatic N) is 3. The monoisotopic (exact) mass is 261 g/mol. The predicted molar refractivity (Wildman–Crippen MR) is 62.6 cm³/mol. The molecule has 0 aliphatic heterocycles. The third-order valence-electron chi connectivity index (χ3n) is 1.73. The van der Waals surface area contributed by atoms with Crippen molar-refractivity contribution in [3.63, 3.8) is 0 Å². The molecular formula is C11H8BrN3. The lowest BCUT2D eigenvalue weighted by Crippen LogP contribution is -1.71. The number of aromatic nitrogens is 1. The Bertz CT molecular complexity index is 468. The van der Waals surface area contributed by atoms with Crippen LogP contribution < -0.4 is 0 Å². The second-order valence-corrected chi connectivity index (χ2v) is 3.78. The van der Waals surface area contributed by atoms with E-state index in [1.54, 1.807) is 6.20 Å². The Morgan fingerprint density at radius 2 is 1.80 bits per heavy atom. The molecule has 2 aromatic rings. The van der Waals surface area contributed by atoms with Crippen LogP contribution in [-0.4, -0.2) is 4.98 Å². The maximum Gasteiger partial charge on any atom is 0.175 e. The average Bonchev–Trinajstić information content (AvgIpc) is 2.28. The molecule has 74 valence electrons. The number of benzene rings is 1. The second-order valence-electron chi connectivity index (χ2n) is 2.87. The number of pyridine rings is 1. The molecule has 4 heteroatoms. The number of azo groups is 1. The third kappa shape index (κ3) is 2.95. The van der Waals surface area contributed by atoms with Crippen molar-refractivity contribution in [2.24, 2.45) is 10.2 Å². The van der Waals surface area contributed by atoms with Gasteiger partial charge in [-0.1, -0.05) is 34.1 Å². The molecule has 1 heterocycles. The predicted octanol–water partition coefficient (Wildman–Crippen LogP) is 4.26. The minimum absolute atomic E-state index is 0.591. The molecular weight excluding hydrogens is 254 g/mol. The second kappa shape index (κ2) is 4.79. The van der Waals surface area contributed by atoms with Crippen molar-refractivity contribution >= 4 is 27.4 Å². The van der Waals surface area contributed by atoms with Crippen LogP contribution in [0.1, 0.15) is 0 Å². The molecule has 0 N–H and O–H groups in total. The Balaban J connectivity index is 2.19. The number of hydrogen-bond acceptors (Lipinski definition) is 3. The minimum atomic E-state index is 0.591. The first kappa shape index (κ1) is 9.98. The van der Waals surface area contributed by atoms with Gasteiger partial charge < -0.3 is 0 Å². The van der Waals surface area contributed by atoms with E-state index in [1.165, 1.54) is 0 Å². The van der Waals surface area contributed by atoms with Gasteiger partial charge in [-0.3, -0.25) is 0 Å². The highest BCUT2D eigenvalue weighted by molar-refractivity contribution is 9.10. The zero-order valence-electron chi connectivity index (χ0n) is 7.84. The lowest BCUT2D eigenvalue weighted by molar-refractivity contribution is 1.15. The SMILES string of the molecule is Brc1ccnc(/N=N/c2ccccc2)c1. The van der Waals surface area contributed by atoms with Gasteiger partial charge in [-0.25, -0.2) is 4.98 Å². The van der Waals surface area contributed by atoms with E-state index in [1.807, 2.05) is 42.5 Å². The van der Waals surface area contributed by atoms with Crippen LogP contribution in [0.5, 0.6) is 0 Å². The van der Waals surface area contributed by atoms with Crippen molar-refractivity contribution in [2.45, 2.75) is 0 Å². The zero-order valence-corrected chi connectivity index (χ0v) is 9.42. The Kier molecular flexibility index (Phi) is 3.19. The highest BCUT2D eigenvalue weighted by Crippen LogP contribution is 2.18. The van der Waals surface area contributed by atoms with E-state index in [0.717, 1.165) is 10.2 Å². The smallest absolute Gasteiger partial charge is 0.175 e. The summed E-state index contributed by atoms with van der Waals surface area (Å²) in [5.41, 5.74) is 0.819. The molecule has 0 spiro atoms. The number of halogens is 1. The van der Waals surface area contributed by atoms with E-state index in [2.05, 4.69) is 31.1 Å². The summed E-state index contributed by atoms with van der Waals surface area (Å²) in [6.45, 7) is 0. The summed E-state index contributed by atoms with van der Waals surface area (Å²) in [5, 5.41) is 8.08. The van der Waals surface area contributed by atoms with E-state index >= 15 is 0 Å². The van der Waals surface area contributed by atoms with Crippen LogP contribution in [0, 0.1) is 0 Å². The Morgan fingerprint density at radius 1 is 1.00 bits per heavy atom. The van der Waals surface area contributed by atoms with Crippen molar-refractivity contribution in [2.75, 3.05) is 0 Å². The highest BCUT2D eigenvalue weighted by Gasteiger charge is 1.92. The molecule has 0 unspecified atom stereocenters. The lowest BCUT2D eigenvalue weighted by Gasteiger charge is -1.92. The molecule has 0 aliphatic rings. The van der Waals surface area contributed by atoms with E-state index in [9.17, 15) is 0 Å². The van der Waals surface area contributed by atoms with Gasteiger partial charge in [0, 0.05) is 10.7 Å². The average molecular weight is 262 g/mol. The van der Waals surface area contributed by atoms with E-state index < -0.39 is 0 Å². The zero-order chi connectivity index (χ0) is 10.5. The van der Waals surface area contributed by atoms with Gasteiger partial charge in [-0.05, 0) is 24.3 Å². The molecule has 0 amide bonds. The highest BCUT2D eigenvalue weighted by atomic mass is 79.9. The van der Waals surface area contributed by atoms with Crippen LogP contribution in [0.4, 0.5) is 11.5 Å². The van der Waals surface area contributed by atoms with Crippen LogP contribution >= 0.6 is 15.9 Å². The maximum atomic E-state index is 4.06. The standard InChI is InChI=1S/C11H8BrN3/c12-9-6-7-13-11(8-9)15-14-10-4-2-1-3-5-10/h1-8H/b15-14+. The quantitative estimate of drug-likeness (QED) is 0.745. The molecule has 0 saturated carbocycles. The first-order valence-corrected chi connectivity index (χ1v) is 5.22. The fraction of sp³-hybridized carbons (Fsp3) is 0.